The van der Waals surface area contributed by atoms with Crippen molar-refractivity contribution in [3.8, 4) is 6.07 Å². The molecule has 0 unspecified atom stereocenters. The normalized spacial score (nSPS) is 18.1. The van der Waals surface area contributed by atoms with Gasteiger partial charge in [-0.2, -0.15) is 5.26 Å². The molecule has 1 aliphatic rings. The molecule has 0 saturated carbocycles. The number of nitriles is 1. The van der Waals surface area contributed by atoms with Gasteiger partial charge in [0.25, 0.3) is 0 Å². The highest BCUT2D eigenvalue weighted by atomic mass is 35.5. The summed E-state index contributed by atoms with van der Waals surface area (Å²) in [5.41, 5.74) is 0.832. The fourth-order valence-corrected chi connectivity index (χ4v) is 1.97. The molecule has 0 radical (unpaired) electrons. The van der Waals surface area contributed by atoms with Crippen LogP contribution in [0, 0.1) is 11.3 Å². The number of nitrogens with zero attached hydrogens (tertiary/aromatic N) is 2. The van der Waals surface area contributed by atoms with Crippen molar-refractivity contribution in [2.75, 3.05) is 18.0 Å². The second-order valence-corrected chi connectivity index (χ2v) is 4.54. The molecule has 4 heteroatoms. The zero-order valence-corrected chi connectivity index (χ0v) is 9.12. The van der Waals surface area contributed by atoms with Gasteiger partial charge in [-0.25, -0.2) is 0 Å². The fourth-order valence-electron chi connectivity index (χ4n) is 1.75. The summed E-state index contributed by atoms with van der Waals surface area (Å²) in [6.45, 7) is 3.01. The van der Waals surface area contributed by atoms with Crippen LogP contribution in [0.15, 0.2) is 18.2 Å². The summed E-state index contributed by atoms with van der Waals surface area (Å²) < 4.78 is 0. The van der Waals surface area contributed by atoms with Crippen molar-refractivity contribution < 1.29 is 5.11 Å². The largest absolute Gasteiger partial charge is 0.386 e. The lowest BCUT2D eigenvalue weighted by atomic mass is 9.96. The fraction of sp³-hybridized carbons (Fsp3) is 0.364. The lowest BCUT2D eigenvalue weighted by molar-refractivity contribution is 0.0310. The molecule has 0 spiro atoms. The van der Waals surface area contributed by atoms with E-state index in [0.29, 0.717) is 23.7 Å². The van der Waals surface area contributed by atoms with Crippen LogP contribution in [0.1, 0.15) is 12.5 Å². The van der Waals surface area contributed by atoms with Crippen LogP contribution in [0.2, 0.25) is 5.02 Å². The molecule has 1 aliphatic heterocycles. The van der Waals surface area contributed by atoms with E-state index in [0.717, 1.165) is 5.69 Å². The molecule has 1 saturated heterocycles. The molecule has 0 amide bonds. The third kappa shape index (κ3) is 1.92. The molecule has 1 N–H and O–H groups in total. The summed E-state index contributed by atoms with van der Waals surface area (Å²) in [5.74, 6) is 0. The van der Waals surface area contributed by atoms with Crippen LogP contribution in [0.5, 0.6) is 0 Å². The highest BCUT2D eigenvalue weighted by Crippen LogP contribution is 2.30. The molecule has 15 heavy (non-hydrogen) atoms. The number of rotatable bonds is 1. The first-order valence-electron chi connectivity index (χ1n) is 4.69. The van der Waals surface area contributed by atoms with E-state index in [2.05, 4.69) is 0 Å². The van der Waals surface area contributed by atoms with Gasteiger partial charge in [-0.05, 0) is 25.1 Å². The van der Waals surface area contributed by atoms with Gasteiger partial charge in [0, 0.05) is 18.8 Å². The van der Waals surface area contributed by atoms with E-state index in [4.69, 9.17) is 16.9 Å². The van der Waals surface area contributed by atoms with Gasteiger partial charge < -0.3 is 10.0 Å². The summed E-state index contributed by atoms with van der Waals surface area (Å²) in [7, 11) is 0. The summed E-state index contributed by atoms with van der Waals surface area (Å²) in [5, 5.41) is 18.8. The lowest BCUT2D eigenvalue weighted by Crippen LogP contribution is -2.60. The van der Waals surface area contributed by atoms with E-state index in [1.54, 1.807) is 19.1 Å². The number of hydrogen-bond donors (Lipinski definition) is 1. The molecule has 0 aliphatic carbocycles. The number of hydrogen-bond acceptors (Lipinski definition) is 3. The van der Waals surface area contributed by atoms with Crippen molar-refractivity contribution in [2.45, 2.75) is 12.5 Å². The summed E-state index contributed by atoms with van der Waals surface area (Å²) in [6, 6.07) is 7.32. The summed E-state index contributed by atoms with van der Waals surface area (Å²) >= 11 is 5.91. The van der Waals surface area contributed by atoms with E-state index >= 15 is 0 Å². The van der Waals surface area contributed by atoms with Crippen molar-refractivity contribution in [2.24, 2.45) is 0 Å². The second-order valence-electron chi connectivity index (χ2n) is 4.13. The molecule has 2 rings (SSSR count). The maximum atomic E-state index is 9.59. The SMILES string of the molecule is CC1(O)CN(c2ccc(C#N)c(Cl)c2)C1. The molecule has 0 bridgehead atoms. The average molecular weight is 223 g/mol. The van der Waals surface area contributed by atoms with Crippen molar-refractivity contribution >= 4 is 17.3 Å². The summed E-state index contributed by atoms with van der Waals surface area (Å²) in [4.78, 5) is 2.02. The molecule has 0 aromatic heterocycles. The smallest absolute Gasteiger partial charge is 0.101 e. The standard InChI is InChI=1S/C11H11ClN2O/c1-11(15)6-14(7-11)9-3-2-8(5-13)10(12)4-9/h2-4,15H,6-7H2,1H3. The minimum Gasteiger partial charge on any atom is -0.386 e. The zero-order chi connectivity index (χ0) is 11.1. The predicted octanol–water partition coefficient (Wildman–Crippen LogP) is 1.78. The predicted molar refractivity (Wildman–Crippen MR) is 59.0 cm³/mol. The Hall–Kier alpha value is -1.24. The highest BCUT2D eigenvalue weighted by Gasteiger charge is 2.36. The summed E-state index contributed by atoms with van der Waals surface area (Å²) in [6.07, 6.45) is 0. The molecule has 3 nitrogen and oxygen atoms in total. The van der Waals surface area contributed by atoms with Gasteiger partial charge in [0.1, 0.15) is 6.07 Å². The minimum absolute atomic E-state index is 0.460. The second kappa shape index (κ2) is 3.41. The van der Waals surface area contributed by atoms with Crippen LogP contribution in [0.25, 0.3) is 0 Å². The lowest BCUT2D eigenvalue weighted by Gasteiger charge is -2.45. The van der Waals surface area contributed by atoms with Gasteiger partial charge >= 0.3 is 0 Å². The Labute approximate surface area is 93.5 Å². The Kier molecular flexibility index (Phi) is 2.34. The van der Waals surface area contributed by atoms with Crippen LogP contribution in [0.4, 0.5) is 5.69 Å². The van der Waals surface area contributed by atoms with Gasteiger partial charge in [-0.3, -0.25) is 0 Å². The van der Waals surface area contributed by atoms with Crippen LogP contribution in [-0.2, 0) is 0 Å². The Morgan fingerprint density at radius 1 is 1.53 bits per heavy atom. The first kappa shape index (κ1) is 10.3. The van der Waals surface area contributed by atoms with Crippen molar-refractivity contribution in [1.29, 1.82) is 5.26 Å². The molecule has 0 atom stereocenters. The van der Waals surface area contributed by atoms with Crippen LogP contribution in [-0.4, -0.2) is 23.8 Å². The van der Waals surface area contributed by atoms with Crippen molar-refractivity contribution in [3.05, 3.63) is 28.8 Å². The third-order valence-corrected chi connectivity index (χ3v) is 2.81. The van der Waals surface area contributed by atoms with E-state index in [-0.39, 0.29) is 0 Å². The number of anilines is 1. The minimum atomic E-state index is -0.597. The number of β-amino-alcohol motifs (C(OH)–C–C–N with tert-alkyl or cyclic N) is 1. The van der Waals surface area contributed by atoms with Gasteiger partial charge in [0.05, 0.1) is 16.2 Å². The molecular formula is C11H11ClN2O. The monoisotopic (exact) mass is 222 g/mol. The third-order valence-electron chi connectivity index (χ3n) is 2.50. The number of halogens is 1. The van der Waals surface area contributed by atoms with Gasteiger partial charge in [0.2, 0.25) is 0 Å². The number of aliphatic hydroxyl groups is 1. The van der Waals surface area contributed by atoms with Gasteiger partial charge in [-0.1, -0.05) is 11.6 Å². The van der Waals surface area contributed by atoms with Crippen LogP contribution >= 0.6 is 11.6 Å². The highest BCUT2D eigenvalue weighted by molar-refractivity contribution is 6.32. The maximum Gasteiger partial charge on any atom is 0.101 e. The van der Waals surface area contributed by atoms with E-state index in [1.807, 2.05) is 17.0 Å². The van der Waals surface area contributed by atoms with Crippen molar-refractivity contribution in [1.82, 2.24) is 0 Å². The van der Waals surface area contributed by atoms with E-state index in [1.165, 1.54) is 0 Å². The Morgan fingerprint density at radius 3 is 2.67 bits per heavy atom. The molecule has 1 aromatic carbocycles. The molecule has 78 valence electrons. The molecule has 1 heterocycles. The first-order chi connectivity index (χ1) is 7.02. The Balaban J connectivity index is 2.19. The quantitative estimate of drug-likeness (QED) is 0.788. The van der Waals surface area contributed by atoms with E-state index < -0.39 is 5.60 Å². The van der Waals surface area contributed by atoms with Gasteiger partial charge in [0.15, 0.2) is 0 Å². The van der Waals surface area contributed by atoms with Gasteiger partial charge in [-0.15, -0.1) is 0 Å². The Bertz CT molecular complexity index is 429. The van der Waals surface area contributed by atoms with Crippen LogP contribution in [0.3, 0.4) is 0 Å². The zero-order valence-electron chi connectivity index (χ0n) is 8.37. The molecular weight excluding hydrogens is 212 g/mol. The topological polar surface area (TPSA) is 47.3 Å². The maximum absolute atomic E-state index is 9.59. The number of benzene rings is 1. The van der Waals surface area contributed by atoms with E-state index in [9.17, 15) is 5.11 Å². The first-order valence-corrected chi connectivity index (χ1v) is 5.07. The van der Waals surface area contributed by atoms with Crippen LogP contribution < -0.4 is 4.90 Å². The van der Waals surface area contributed by atoms with Crippen molar-refractivity contribution in [3.63, 3.8) is 0 Å². The Morgan fingerprint density at radius 2 is 2.20 bits per heavy atom. The molecule has 1 fully saturated rings. The average Bonchev–Trinajstić information content (AvgIpc) is 2.14. The molecule has 1 aromatic rings.